The number of aliphatic imine (C=N–C) groups is 1. The van der Waals surface area contributed by atoms with Gasteiger partial charge < -0.3 is 25.2 Å². The predicted molar refractivity (Wildman–Crippen MR) is 145 cm³/mol. The van der Waals surface area contributed by atoms with Crippen molar-refractivity contribution in [3.8, 4) is 0 Å². The molecule has 184 valence electrons. The SMILES string of the molecule is CCN(CC)CCCCNC(=NC)NCc1ccc(CN(C)C(=O)OC(C)(C)C)cc1.I. The molecule has 1 amide bonds. The summed E-state index contributed by atoms with van der Waals surface area (Å²) < 4.78 is 5.40. The number of rotatable bonds is 11. The van der Waals surface area contributed by atoms with Gasteiger partial charge in [-0.05, 0) is 64.4 Å². The fraction of sp³-hybridized carbons (Fsp3) is 0.667. The Morgan fingerprint density at radius 1 is 1.03 bits per heavy atom. The highest BCUT2D eigenvalue weighted by atomic mass is 127. The van der Waals surface area contributed by atoms with Crippen molar-refractivity contribution in [1.82, 2.24) is 20.4 Å². The monoisotopic (exact) mass is 561 g/mol. The highest BCUT2D eigenvalue weighted by Crippen LogP contribution is 2.12. The zero-order valence-electron chi connectivity index (χ0n) is 21.0. The standard InChI is InChI=1S/C24H43N5O2.HI/c1-8-29(9-2)17-11-10-16-26-22(25-6)27-18-20-12-14-21(15-13-20)19-28(7)23(30)31-24(3,4)5;/h12-15H,8-11,16-19H2,1-7H3,(H2,25,26,27);1H. The molecule has 0 aliphatic heterocycles. The number of hydrogen-bond acceptors (Lipinski definition) is 4. The molecule has 0 fully saturated rings. The molecule has 1 aromatic rings. The molecule has 8 heteroatoms. The second kappa shape index (κ2) is 16.1. The van der Waals surface area contributed by atoms with Gasteiger partial charge in [-0.1, -0.05) is 38.1 Å². The Bertz CT molecular complexity index is 670. The number of guanidine groups is 1. The molecule has 0 heterocycles. The minimum Gasteiger partial charge on any atom is -0.444 e. The van der Waals surface area contributed by atoms with E-state index >= 15 is 0 Å². The molecule has 0 radical (unpaired) electrons. The number of unbranched alkanes of at least 4 members (excludes halogenated alkanes) is 1. The van der Waals surface area contributed by atoms with Crippen molar-refractivity contribution >= 4 is 36.0 Å². The van der Waals surface area contributed by atoms with Crippen LogP contribution in [-0.4, -0.2) is 67.7 Å². The molecule has 0 bridgehead atoms. The predicted octanol–water partition coefficient (Wildman–Crippen LogP) is 4.46. The number of nitrogens with one attached hydrogen (secondary N) is 2. The molecular formula is C24H44IN5O2. The lowest BCUT2D eigenvalue weighted by atomic mass is 10.1. The van der Waals surface area contributed by atoms with E-state index in [9.17, 15) is 4.79 Å². The van der Waals surface area contributed by atoms with Gasteiger partial charge in [0.05, 0.1) is 0 Å². The summed E-state index contributed by atoms with van der Waals surface area (Å²) >= 11 is 0. The van der Waals surface area contributed by atoms with Crippen LogP contribution in [0.25, 0.3) is 0 Å². The molecule has 0 unspecified atom stereocenters. The molecule has 0 atom stereocenters. The van der Waals surface area contributed by atoms with E-state index in [0.717, 1.165) is 49.7 Å². The zero-order valence-corrected chi connectivity index (χ0v) is 23.4. The second-order valence-corrected chi connectivity index (χ2v) is 8.74. The number of benzene rings is 1. The van der Waals surface area contributed by atoms with E-state index in [2.05, 4.69) is 46.5 Å². The minimum atomic E-state index is -0.487. The van der Waals surface area contributed by atoms with Gasteiger partial charge >= 0.3 is 6.09 Å². The molecule has 0 spiro atoms. The number of nitrogens with zero attached hydrogens (tertiary/aromatic N) is 3. The number of ether oxygens (including phenoxy) is 1. The van der Waals surface area contributed by atoms with Crippen molar-refractivity contribution < 1.29 is 9.53 Å². The second-order valence-electron chi connectivity index (χ2n) is 8.74. The Morgan fingerprint density at radius 3 is 2.16 bits per heavy atom. The maximum Gasteiger partial charge on any atom is 0.410 e. The maximum atomic E-state index is 12.1. The summed E-state index contributed by atoms with van der Waals surface area (Å²) in [7, 11) is 3.54. The Labute approximate surface area is 212 Å². The third kappa shape index (κ3) is 13.1. The summed E-state index contributed by atoms with van der Waals surface area (Å²) in [5.74, 6) is 0.816. The van der Waals surface area contributed by atoms with E-state index in [0.29, 0.717) is 13.1 Å². The van der Waals surface area contributed by atoms with Gasteiger partial charge in [0.15, 0.2) is 5.96 Å². The lowest BCUT2D eigenvalue weighted by Gasteiger charge is -2.24. The largest absolute Gasteiger partial charge is 0.444 e. The molecule has 0 aromatic heterocycles. The van der Waals surface area contributed by atoms with E-state index in [4.69, 9.17) is 4.74 Å². The molecule has 0 saturated carbocycles. The van der Waals surface area contributed by atoms with Crippen molar-refractivity contribution in [3.05, 3.63) is 35.4 Å². The lowest BCUT2D eigenvalue weighted by molar-refractivity contribution is 0.0285. The van der Waals surface area contributed by atoms with Gasteiger partial charge in [0.1, 0.15) is 5.60 Å². The first-order chi connectivity index (χ1) is 14.7. The quantitative estimate of drug-likeness (QED) is 0.181. The molecular weight excluding hydrogens is 517 g/mol. The van der Waals surface area contributed by atoms with Crippen LogP contribution in [0.1, 0.15) is 58.6 Å². The first-order valence-electron chi connectivity index (χ1n) is 11.4. The van der Waals surface area contributed by atoms with E-state index in [1.807, 2.05) is 32.9 Å². The van der Waals surface area contributed by atoms with Crippen LogP contribution < -0.4 is 10.6 Å². The normalized spacial score (nSPS) is 11.7. The molecule has 2 N–H and O–H groups in total. The van der Waals surface area contributed by atoms with Gasteiger partial charge in [0, 0.05) is 33.7 Å². The third-order valence-electron chi connectivity index (χ3n) is 4.92. The average molecular weight is 562 g/mol. The Hall–Kier alpha value is -1.55. The van der Waals surface area contributed by atoms with Gasteiger partial charge in [0.2, 0.25) is 0 Å². The fourth-order valence-corrected chi connectivity index (χ4v) is 3.05. The lowest BCUT2D eigenvalue weighted by Crippen LogP contribution is -2.37. The van der Waals surface area contributed by atoms with Gasteiger partial charge in [0.25, 0.3) is 0 Å². The zero-order chi connectivity index (χ0) is 23.3. The maximum absolute atomic E-state index is 12.1. The molecule has 32 heavy (non-hydrogen) atoms. The van der Waals surface area contributed by atoms with E-state index in [-0.39, 0.29) is 30.1 Å². The first kappa shape index (κ1) is 30.4. The third-order valence-corrected chi connectivity index (χ3v) is 4.92. The molecule has 1 aromatic carbocycles. The number of carbonyl (C=O) groups excluding carboxylic acids is 1. The molecule has 0 aliphatic carbocycles. The van der Waals surface area contributed by atoms with Crippen molar-refractivity contribution in [1.29, 1.82) is 0 Å². The van der Waals surface area contributed by atoms with Crippen molar-refractivity contribution in [2.45, 2.75) is 66.2 Å². The van der Waals surface area contributed by atoms with Gasteiger partial charge in [-0.15, -0.1) is 24.0 Å². The van der Waals surface area contributed by atoms with Crippen LogP contribution >= 0.6 is 24.0 Å². The Morgan fingerprint density at radius 2 is 1.62 bits per heavy atom. The summed E-state index contributed by atoms with van der Waals surface area (Å²) in [6.45, 7) is 15.5. The van der Waals surface area contributed by atoms with Crippen molar-refractivity contribution in [2.24, 2.45) is 4.99 Å². The summed E-state index contributed by atoms with van der Waals surface area (Å²) in [6.07, 6.45) is 1.99. The van der Waals surface area contributed by atoms with Crippen LogP contribution in [0.5, 0.6) is 0 Å². The number of amides is 1. The Kier molecular flexibility index (Phi) is 15.3. The molecule has 7 nitrogen and oxygen atoms in total. The topological polar surface area (TPSA) is 69.2 Å². The van der Waals surface area contributed by atoms with E-state index < -0.39 is 5.60 Å². The van der Waals surface area contributed by atoms with Gasteiger partial charge in [-0.25, -0.2) is 4.79 Å². The van der Waals surface area contributed by atoms with Crippen LogP contribution in [-0.2, 0) is 17.8 Å². The van der Waals surface area contributed by atoms with Crippen LogP contribution in [0.2, 0.25) is 0 Å². The summed E-state index contributed by atoms with van der Waals surface area (Å²) in [6, 6.07) is 8.23. The number of halogens is 1. The Balaban J connectivity index is 0.00000961. The smallest absolute Gasteiger partial charge is 0.410 e. The highest BCUT2D eigenvalue weighted by molar-refractivity contribution is 14.0. The first-order valence-corrected chi connectivity index (χ1v) is 11.4. The van der Waals surface area contributed by atoms with E-state index in [1.165, 1.54) is 6.42 Å². The summed E-state index contributed by atoms with van der Waals surface area (Å²) in [4.78, 5) is 20.4. The van der Waals surface area contributed by atoms with Crippen LogP contribution in [0, 0.1) is 0 Å². The van der Waals surface area contributed by atoms with Crippen molar-refractivity contribution in [2.75, 3.05) is 40.3 Å². The van der Waals surface area contributed by atoms with Crippen molar-refractivity contribution in [3.63, 3.8) is 0 Å². The summed E-state index contributed by atoms with van der Waals surface area (Å²) in [5.41, 5.74) is 1.74. The van der Waals surface area contributed by atoms with Gasteiger partial charge in [-0.2, -0.15) is 0 Å². The molecule has 0 aliphatic rings. The number of hydrogen-bond donors (Lipinski definition) is 2. The van der Waals surface area contributed by atoms with Crippen LogP contribution in [0.3, 0.4) is 0 Å². The van der Waals surface area contributed by atoms with Crippen LogP contribution in [0.4, 0.5) is 4.79 Å². The number of carbonyl (C=O) groups is 1. The average Bonchev–Trinajstić information content (AvgIpc) is 2.72. The van der Waals surface area contributed by atoms with Gasteiger partial charge in [-0.3, -0.25) is 4.99 Å². The molecule has 1 rings (SSSR count). The highest BCUT2D eigenvalue weighted by Gasteiger charge is 2.19. The van der Waals surface area contributed by atoms with E-state index in [1.54, 1.807) is 19.0 Å². The van der Waals surface area contributed by atoms with Crippen LogP contribution in [0.15, 0.2) is 29.3 Å². The summed E-state index contributed by atoms with van der Waals surface area (Å²) in [5, 5.41) is 6.74. The minimum absolute atomic E-state index is 0. The fourth-order valence-electron chi connectivity index (χ4n) is 3.05. The molecule has 0 saturated heterocycles.